The summed E-state index contributed by atoms with van der Waals surface area (Å²) in [4.78, 5) is 18.9. The van der Waals surface area contributed by atoms with Gasteiger partial charge in [-0.25, -0.2) is 0 Å². The van der Waals surface area contributed by atoms with E-state index in [4.69, 9.17) is 4.74 Å². The summed E-state index contributed by atoms with van der Waals surface area (Å²) in [5, 5.41) is 4.90. The van der Waals surface area contributed by atoms with Gasteiger partial charge in [-0.1, -0.05) is 24.3 Å². The standard InChI is InChI=1S/C17H21N3O2/c21-17(19-8-10-20-9-3-12-22-13-11-20)16-15-5-2-1-4-14(15)6-7-18-16/h1-2,4-7H,3,8-13H2,(H,19,21). The molecular weight excluding hydrogens is 278 g/mol. The first-order chi connectivity index (χ1) is 10.8. The van der Waals surface area contributed by atoms with Crippen LogP contribution in [0.3, 0.4) is 0 Å². The van der Waals surface area contributed by atoms with Crippen LogP contribution < -0.4 is 5.32 Å². The first-order valence-electron chi connectivity index (χ1n) is 7.76. The predicted molar refractivity (Wildman–Crippen MR) is 86.0 cm³/mol. The number of hydrogen-bond acceptors (Lipinski definition) is 4. The minimum atomic E-state index is -0.108. The normalized spacial score (nSPS) is 16.4. The predicted octanol–water partition coefficient (Wildman–Crippen LogP) is 1.69. The number of carbonyl (C=O) groups is 1. The lowest BCUT2D eigenvalue weighted by Gasteiger charge is -2.19. The summed E-state index contributed by atoms with van der Waals surface area (Å²) in [7, 11) is 0. The summed E-state index contributed by atoms with van der Waals surface area (Å²) in [6.07, 6.45) is 2.74. The molecule has 0 unspecified atom stereocenters. The molecule has 1 aromatic heterocycles. The molecule has 116 valence electrons. The number of ether oxygens (including phenoxy) is 1. The van der Waals surface area contributed by atoms with Gasteiger partial charge in [0.1, 0.15) is 5.69 Å². The highest BCUT2D eigenvalue weighted by Crippen LogP contribution is 2.15. The monoisotopic (exact) mass is 299 g/mol. The zero-order chi connectivity index (χ0) is 15.2. The lowest BCUT2D eigenvalue weighted by molar-refractivity contribution is 0.0944. The molecule has 0 saturated carbocycles. The number of hydrogen-bond donors (Lipinski definition) is 1. The molecule has 3 rings (SSSR count). The molecule has 1 N–H and O–H groups in total. The van der Waals surface area contributed by atoms with E-state index in [9.17, 15) is 4.79 Å². The van der Waals surface area contributed by atoms with Crippen LogP contribution in [0.4, 0.5) is 0 Å². The fraction of sp³-hybridized carbons (Fsp3) is 0.412. The van der Waals surface area contributed by atoms with Crippen LogP contribution in [0.5, 0.6) is 0 Å². The van der Waals surface area contributed by atoms with E-state index in [1.807, 2.05) is 30.3 Å². The van der Waals surface area contributed by atoms with Crippen LogP contribution in [-0.4, -0.2) is 55.2 Å². The molecule has 1 amide bonds. The summed E-state index contributed by atoms with van der Waals surface area (Å²) in [5.74, 6) is -0.108. The Morgan fingerprint density at radius 1 is 1.23 bits per heavy atom. The molecule has 1 fully saturated rings. The maximum Gasteiger partial charge on any atom is 0.270 e. The summed E-state index contributed by atoms with van der Waals surface area (Å²) in [5.41, 5.74) is 0.497. The van der Waals surface area contributed by atoms with Crippen LogP contribution >= 0.6 is 0 Å². The van der Waals surface area contributed by atoms with Gasteiger partial charge in [0.05, 0.1) is 6.61 Å². The highest BCUT2D eigenvalue weighted by molar-refractivity contribution is 6.05. The number of pyridine rings is 1. The first-order valence-corrected chi connectivity index (χ1v) is 7.76. The summed E-state index contributed by atoms with van der Waals surface area (Å²) >= 11 is 0. The van der Waals surface area contributed by atoms with Gasteiger partial charge in [0.2, 0.25) is 0 Å². The Bertz CT molecular complexity index is 631. The Labute approximate surface area is 130 Å². The lowest BCUT2D eigenvalue weighted by Crippen LogP contribution is -2.36. The zero-order valence-corrected chi connectivity index (χ0v) is 12.6. The van der Waals surface area contributed by atoms with Crippen molar-refractivity contribution < 1.29 is 9.53 Å². The third kappa shape index (κ3) is 3.61. The van der Waals surface area contributed by atoms with E-state index < -0.39 is 0 Å². The molecule has 2 aromatic rings. The Morgan fingerprint density at radius 2 is 2.14 bits per heavy atom. The molecule has 1 aromatic carbocycles. The second-order valence-corrected chi connectivity index (χ2v) is 5.44. The van der Waals surface area contributed by atoms with Crippen molar-refractivity contribution in [2.24, 2.45) is 0 Å². The fourth-order valence-corrected chi connectivity index (χ4v) is 2.73. The number of nitrogens with one attached hydrogen (secondary N) is 1. The summed E-state index contributed by atoms with van der Waals surface area (Å²) in [6, 6.07) is 9.74. The molecule has 1 aliphatic heterocycles. The Kier molecular flexibility index (Phi) is 4.98. The van der Waals surface area contributed by atoms with Gasteiger partial charge < -0.3 is 10.1 Å². The number of benzene rings is 1. The second-order valence-electron chi connectivity index (χ2n) is 5.44. The Morgan fingerprint density at radius 3 is 3.09 bits per heavy atom. The summed E-state index contributed by atoms with van der Waals surface area (Å²) in [6.45, 7) is 5.05. The van der Waals surface area contributed by atoms with E-state index in [-0.39, 0.29) is 5.91 Å². The largest absolute Gasteiger partial charge is 0.380 e. The number of fused-ring (bicyclic) bond motifs is 1. The number of aromatic nitrogens is 1. The van der Waals surface area contributed by atoms with Crippen molar-refractivity contribution in [2.75, 3.05) is 39.4 Å². The van der Waals surface area contributed by atoms with Crippen molar-refractivity contribution in [3.63, 3.8) is 0 Å². The van der Waals surface area contributed by atoms with Crippen LogP contribution in [0.1, 0.15) is 16.9 Å². The van der Waals surface area contributed by atoms with E-state index in [0.717, 1.165) is 50.0 Å². The Balaban J connectivity index is 1.59. The number of carbonyl (C=O) groups excluding carboxylic acids is 1. The van der Waals surface area contributed by atoms with Gasteiger partial charge >= 0.3 is 0 Å². The van der Waals surface area contributed by atoms with Crippen molar-refractivity contribution in [1.29, 1.82) is 0 Å². The van der Waals surface area contributed by atoms with Gasteiger partial charge in [0.25, 0.3) is 5.91 Å². The number of amides is 1. The van der Waals surface area contributed by atoms with Crippen molar-refractivity contribution >= 4 is 16.7 Å². The summed E-state index contributed by atoms with van der Waals surface area (Å²) < 4.78 is 5.43. The van der Waals surface area contributed by atoms with Crippen molar-refractivity contribution in [2.45, 2.75) is 6.42 Å². The van der Waals surface area contributed by atoms with Crippen molar-refractivity contribution in [3.8, 4) is 0 Å². The van der Waals surface area contributed by atoms with Crippen molar-refractivity contribution in [3.05, 3.63) is 42.2 Å². The average molecular weight is 299 g/mol. The van der Waals surface area contributed by atoms with Crippen LogP contribution in [0.15, 0.2) is 36.5 Å². The Hall–Kier alpha value is -1.98. The average Bonchev–Trinajstić information content (AvgIpc) is 2.83. The molecule has 1 aliphatic rings. The number of rotatable bonds is 4. The highest BCUT2D eigenvalue weighted by Gasteiger charge is 2.12. The van der Waals surface area contributed by atoms with Gasteiger partial charge in [-0.15, -0.1) is 0 Å². The molecule has 0 radical (unpaired) electrons. The molecule has 0 aliphatic carbocycles. The third-order valence-corrected chi connectivity index (χ3v) is 3.92. The fourth-order valence-electron chi connectivity index (χ4n) is 2.73. The molecule has 0 atom stereocenters. The van der Waals surface area contributed by atoms with Gasteiger partial charge in [-0.05, 0) is 17.9 Å². The highest BCUT2D eigenvalue weighted by atomic mass is 16.5. The van der Waals surface area contributed by atoms with E-state index in [1.165, 1.54) is 0 Å². The van der Waals surface area contributed by atoms with Crippen molar-refractivity contribution in [1.82, 2.24) is 15.2 Å². The van der Waals surface area contributed by atoms with Crippen LogP contribution in [0.2, 0.25) is 0 Å². The molecule has 0 spiro atoms. The van der Waals surface area contributed by atoms with Gasteiger partial charge in [-0.2, -0.15) is 0 Å². The van der Waals surface area contributed by atoms with Gasteiger partial charge in [-0.3, -0.25) is 14.7 Å². The van der Waals surface area contributed by atoms with E-state index in [2.05, 4.69) is 15.2 Å². The molecule has 22 heavy (non-hydrogen) atoms. The second kappa shape index (κ2) is 7.33. The first kappa shape index (κ1) is 14.9. The minimum Gasteiger partial charge on any atom is -0.380 e. The molecule has 5 heteroatoms. The zero-order valence-electron chi connectivity index (χ0n) is 12.6. The smallest absolute Gasteiger partial charge is 0.270 e. The molecule has 1 saturated heterocycles. The van der Waals surface area contributed by atoms with Gasteiger partial charge in [0.15, 0.2) is 0 Å². The van der Waals surface area contributed by atoms with E-state index >= 15 is 0 Å². The maximum absolute atomic E-state index is 12.4. The molecule has 0 bridgehead atoms. The minimum absolute atomic E-state index is 0.108. The molecular formula is C17H21N3O2. The number of nitrogens with zero attached hydrogens (tertiary/aromatic N) is 2. The maximum atomic E-state index is 12.4. The van der Waals surface area contributed by atoms with Crippen LogP contribution in [0.25, 0.3) is 10.8 Å². The SMILES string of the molecule is O=C(NCCN1CCCOCC1)c1nccc2ccccc12. The third-order valence-electron chi connectivity index (χ3n) is 3.92. The van der Waals surface area contributed by atoms with E-state index in [0.29, 0.717) is 12.2 Å². The molecule has 5 nitrogen and oxygen atoms in total. The molecule has 2 heterocycles. The van der Waals surface area contributed by atoms with Crippen LogP contribution in [-0.2, 0) is 4.74 Å². The topological polar surface area (TPSA) is 54.5 Å². The van der Waals surface area contributed by atoms with Crippen LogP contribution in [0, 0.1) is 0 Å². The quantitative estimate of drug-likeness (QED) is 0.933. The van der Waals surface area contributed by atoms with E-state index in [1.54, 1.807) is 6.20 Å². The van der Waals surface area contributed by atoms with Gasteiger partial charge in [0, 0.05) is 44.4 Å². The lowest BCUT2D eigenvalue weighted by atomic mass is 10.1.